The van der Waals surface area contributed by atoms with Crippen LogP contribution in [0.25, 0.3) is 0 Å². The summed E-state index contributed by atoms with van der Waals surface area (Å²) >= 11 is 0. The van der Waals surface area contributed by atoms with Crippen LogP contribution < -0.4 is 10.5 Å². The summed E-state index contributed by atoms with van der Waals surface area (Å²) in [4.78, 5) is 0. The lowest BCUT2D eigenvalue weighted by Crippen LogP contribution is -2.27. The van der Waals surface area contributed by atoms with Crippen LogP contribution in [-0.4, -0.2) is 16.6 Å². The third-order valence-corrected chi connectivity index (χ3v) is 2.82. The van der Waals surface area contributed by atoms with E-state index in [-0.39, 0.29) is 11.4 Å². The van der Waals surface area contributed by atoms with Crippen molar-refractivity contribution in [1.82, 2.24) is 0 Å². The Hall–Kier alpha value is -1.71. The quantitative estimate of drug-likeness (QED) is 0.365. The molecule has 0 amide bonds. The molecule has 0 saturated carbocycles. The smallest absolute Gasteiger partial charge is 0.170 e. The maximum atomic E-state index is 8.60. The largest absolute Gasteiger partial charge is 0.488 e. The van der Waals surface area contributed by atoms with E-state index >= 15 is 0 Å². The summed E-state index contributed by atoms with van der Waals surface area (Å²) in [5.74, 6) is 0.931. The topological polar surface area (TPSA) is 67.8 Å². The molecule has 1 aromatic rings. The summed E-state index contributed by atoms with van der Waals surface area (Å²) in [5.41, 5.74) is 6.99. The number of amidine groups is 1. The molecule has 1 aromatic carbocycles. The van der Waals surface area contributed by atoms with Crippen LogP contribution in [0.1, 0.15) is 38.3 Å². The van der Waals surface area contributed by atoms with Crippen LogP contribution in [-0.2, 0) is 0 Å². The van der Waals surface area contributed by atoms with Crippen molar-refractivity contribution in [3.05, 3.63) is 29.3 Å². The first kappa shape index (κ1) is 13.4. The number of rotatable bonds is 4. The van der Waals surface area contributed by atoms with Gasteiger partial charge in [0.25, 0.3) is 0 Å². The van der Waals surface area contributed by atoms with E-state index in [9.17, 15) is 0 Å². The molecule has 0 aliphatic carbocycles. The Bertz CT molecular complexity index is 425. The van der Waals surface area contributed by atoms with Gasteiger partial charge in [-0.15, -0.1) is 0 Å². The second-order valence-electron chi connectivity index (χ2n) is 4.68. The average molecular weight is 236 g/mol. The fraction of sp³-hybridized carbons (Fsp3) is 0.462. The summed E-state index contributed by atoms with van der Waals surface area (Å²) < 4.78 is 5.91. The number of oxime groups is 1. The zero-order valence-corrected chi connectivity index (χ0v) is 10.8. The van der Waals surface area contributed by atoms with Crippen LogP contribution in [0.15, 0.2) is 23.4 Å². The maximum absolute atomic E-state index is 8.60. The normalized spacial score (nSPS) is 12.6. The molecule has 0 fully saturated rings. The van der Waals surface area contributed by atoms with Crippen molar-refractivity contribution in [2.75, 3.05) is 0 Å². The minimum atomic E-state index is -0.192. The number of nitrogens with zero attached hydrogens (tertiary/aromatic N) is 1. The predicted octanol–water partition coefficient (Wildman–Crippen LogP) is 2.66. The molecule has 0 unspecified atom stereocenters. The summed E-state index contributed by atoms with van der Waals surface area (Å²) in [6.07, 6.45) is 0.925. The van der Waals surface area contributed by atoms with Gasteiger partial charge in [0, 0.05) is 5.56 Å². The van der Waals surface area contributed by atoms with E-state index in [1.807, 2.05) is 32.9 Å². The molecule has 4 nitrogen and oxygen atoms in total. The van der Waals surface area contributed by atoms with Crippen LogP contribution in [0, 0.1) is 6.92 Å². The Balaban J connectivity index is 2.99. The highest BCUT2D eigenvalue weighted by Gasteiger charge is 2.18. The molecule has 0 aliphatic heterocycles. The van der Waals surface area contributed by atoms with Crippen molar-refractivity contribution in [3.63, 3.8) is 0 Å². The summed E-state index contributed by atoms with van der Waals surface area (Å²) in [5, 5.41) is 11.6. The molecule has 0 aromatic heterocycles. The van der Waals surface area contributed by atoms with Gasteiger partial charge in [-0.25, -0.2) is 0 Å². The minimum absolute atomic E-state index is 0.106. The molecule has 0 bridgehead atoms. The van der Waals surface area contributed by atoms with Gasteiger partial charge in [-0.1, -0.05) is 12.1 Å². The van der Waals surface area contributed by atoms with Crippen LogP contribution in [0.3, 0.4) is 0 Å². The lowest BCUT2D eigenvalue weighted by Gasteiger charge is -2.26. The monoisotopic (exact) mass is 236 g/mol. The van der Waals surface area contributed by atoms with Crippen molar-refractivity contribution in [3.8, 4) is 5.75 Å². The number of hydrogen-bond acceptors (Lipinski definition) is 3. The lowest BCUT2D eigenvalue weighted by molar-refractivity contribution is 0.104. The second kappa shape index (κ2) is 5.08. The molecule has 0 aliphatic rings. The molecule has 0 radical (unpaired) electrons. The van der Waals surface area contributed by atoms with Gasteiger partial charge in [0.05, 0.1) is 0 Å². The summed E-state index contributed by atoms with van der Waals surface area (Å²) in [6.45, 7) is 8.11. The van der Waals surface area contributed by atoms with Gasteiger partial charge >= 0.3 is 0 Å². The molecule has 0 atom stereocenters. The third kappa shape index (κ3) is 3.37. The van der Waals surface area contributed by atoms with Crippen molar-refractivity contribution < 1.29 is 9.94 Å². The number of benzene rings is 1. The Morgan fingerprint density at radius 1 is 1.47 bits per heavy atom. The third-order valence-electron chi connectivity index (χ3n) is 2.82. The molecule has 0 saturated heterocycles. The van der Waals surface area contributed by atoms with Crippen molar-refractivity contribution in [2.45, 2.75) is 39.7 Å². The van der Waals surface area contributed by atoms with Gasteiger partial charge in [-0.05, 0) is 51.0 Å². The van der Waals surface area contributed by atoms with Gasteiger partial charge in [0.1, 0.15) is 11.4 Å². The predicted molar refractivity (Wildman–Crippen MR) is 68.7 cm³/mol. The highest BCUT2D eigenvalue weighted by molar-refractivity contribution is 5.97. The molecule has 3 N–H and O–H groups in total. The van der Waals surface area contributed by atoms with Gasteiger partial charge < -0.3 is 15.7 Å². The van der Waals surface area contributed by atoms with Crippen LogP contribution in [0.5, 0.6) is 5.75 Å². The molecule has 4 heteroatoms. The molecular weight excluding hydrogens is 216 g/mol. The zero-order chi connectivity index (χ0) is 13.1. The van der Waals surface area contributed by atoms with Crippen molar-refractivity contribution >= 4 is 5.84 Å². The first-order valence-corrected chi connectivity index (χ1v) is 5.67. The highest BCUT2D eigenvalue weighted by Crippen LogP contribution is 2.25. The molecular formula is C13H20N2O2. The number of nitrogens with two attached hydrogens (primary N) is 1. The Labute approximate surface area is 102 Å². The van der Waals surface area contributed by atoms with Crippen molar-refractivity contribution in [1.29, 1.82) is 0 Å². The number of hydrogen-bond donors (Lipinski definition) is 2. The van der Waals surface area contributed by atoms with Crippen LogP contribution in [0.2, 0.25) is 0 Å². The standard InChI is InChI=1S/C13H20N2O2/c1-5-13(3,4)17-11-7-6-10(8-9(11)2)12(14)15-16/h6-8,16H,5H2,1-4H3,(H2,14,15). The fourth-order valence-corrected chi connectivity index (χ4v) is 1.35. The number of ether oxygens (including phenoxy) is 1. The Morgan fingerprint density at radius 3 is 2.59 bits per heavy atom. The van der Waals surface area contributed by atoms with Crippen LogP contribution >= 0.6 is 0 Å². The summed E-state index contributed by atoms with van der Waals surface area (Å²) in [6, 6.07) is 5.47. The molecule has 17 heavy (non-hydrogen) atoms. The minimum Gasteiger partial charge on any atom is -0.488 e. The SMILES string of the molecule is CCC(C)(C)Oc1ccc(/C(N)=N/O)cc1C. The van der Waals surface area contributed by atoms with E-state index in [2.05, 4.69) is 12.1 Å². The molecule has 0 spiro atoms. The van der Waals surface area contributed by atoms with E-state index < -0.39 is 0 Å². The zero-order valence-electron chi connectivity index (χ0n) is 10.8. The van der Waals surface area contributed by atoms with Gasteiger partial charge in [0.15, 0.2) is 5.84 Å². The summed E-state index contributed by atoms with van der Waals surface area (Å²) in [7, 11) is 0. The first-order valence-electron chi connectivity index (χ1n) is 5.67. The average Bonchev–Trinajstić information content (AvgIpc) is 2.30. The van der Waals surface area contributed by atoms with Gasteiger partial charge in [-0.2, -0.15) is 0 Å². The first-order chi connectivity index (χ1) is 7.89. The van der Waals surface area contributed by atoms with E-state index in [1.165, 1.54) is 0 Å². The highest BCUT2D eigenvalue weighted by atomic mass is 16.5. The van der Waals surface area contributed by atoms with Crippen LogP contribution in [0.4, 0.5) is 0 Å². The van der Waals surface area contributed by atoms with Gasteiger partial charge in [-0.3, -0.25) is 0 Å². The molecule has 0 heterocycles. The van der Waals surface area contributed by atoms with Crippen molar-refractivity contribution in [2.24, 2.45) is 10.9 Å². The Kier molecular flexibility index (Phi) is 3.99. The van der Waals surface area contributed by atoms with E-state index in [0.717, 1.165) is 17.7 Å². The van der Waals surface area contributed by atoms with E-state index in [0.29, 0.717) is 5.56 Å². The molecule has 94 valence electrons. The fourth-order valence-electron chi connectivity index (χ4n) is 1.35. The molecule has 1 rings (SSSR count). The second-order valence-corrected chi connectivity index (χ2v) is 4.68. The lowest BCUT2D eigenvalue weighted by atomic mass is 10.1. The Morgan fingerprint density at radius 2 is 2.12 bits per heavy atom. The van der Waals surface area contributed by atoms with Gasteiger partial charge in [0.2, 0.25) is 0 Å². The maximum Gasteiger partial charge on any atom is 0.170 e. The number of aryl methyl sites for hydroxylation is 1. The van der Waals surface area contributed by atoms with E-state index in [1.54, 1.807) is 6.07 Å². The van der Waals surface area contributed by atoms with E-state index in [4.69, 9.17) is 15.7 Å².